The Morgan fingerprint density at radius 1 is 0.596 bits per heavy atom. The van der Waals surface area contributed by atoms with E-state index in [1.807, 2.05) is 0 Å². The van der Waals surface area contributed by atoms with Gasteiger partial charge in [0, 0.05) is 12.2 Å². The van der Waals surface area contributed by atoms with Gasteiger partial charge in [-0.3, -0.25) is 4.79 Å². The summed E-state index contributed by atoms with van der Waals surface area (Å²) in [5.74, 6) is -0.678. The molecule has 0 bridgehead atoms. The fraction of sp³-hybridized carbons (Fsp3) is 0.263. The molecule has 0 aliphatic rings. The van der Waals surface area contributed by atoms with Gasteiger partial charge in [0.2, 0.25) is 0 Å². The van der Waals surface area contributed by atoms with Crippen LogP contribution in [0.1, 0.15) is 52.0 Å². The Kier molecular flexibility index (Phi) is 19.1. The van der Waals surface area contributed by atoms with E-state index in [1.54, 1.807) is 44.4 Å². The Bertz CT molecular complexity index is 1650. The number of ether oxygens (including phenoxy) is 8. The number of hydrogen-bond donors (Lipinski definition) is 0. The molecule has 0 heterocycles. The summed E-state index contributed by atoms with van der Waals surface area (Å²) in [6, 6.07) is 16.9. The standard InChI is InChI=1S/C30H28O10.C8H12O4/c1-4-27(31)36-17-5-6-18-37-30(34)39-25-10-7-21(8-11-25)28(32)40-26-16-9-22(19-20(26)2)29(33)38-24-14-12-23(35-3)13-15-24;1-2-8(10)12-6-4-3-5-11-7-9/h4,7-16,19H,1,5-6,17-18H2,2-3H3;2,7H,1,3-6H2. The summed E-state index contributed by atoms with van der Waals surface area (Å²) in [4.78, 5) is 68.0. The maximum atomic E-state index is 12.6. The SMILES string of the molecule is C=CC(=O)OCCCCOC(=O)Oc1ccc(C(=O)Oc2ccc(C(=O)Oc3ccc(OC)cc3)cc2C)cc1.C=CC(=O)OCCCCOC=O. The molecule has 0 fully saturated rings. The Balaban J connectivity index is 0.000000667. The summed E-state index contributed by atoms with van der Waals surface area (Å²) in [6.45, 7) is 9.63. The number of aryl methyl sites for hydroxylation is 1. The van der Waals surface area contributed by atoms with Gasteiger partial charge in [-0.1, -0.05) is 13.2 Å². The summed E-state index contributed by atoms with van der Waals surface area (Å²) in [6.07, 6.45) is 3.66. The molecule has 276 valence electrons. The van der Waals surface area contributed by atoms with Gasteiger partial charge < -0.3 is 37.9 Å². The second-order valence-corrected chi connectivity index (χ2v) is 10.3. The molecular formula is C38H40O14. The van der Waals surface area contributed by atoms with Crippen molar-refractivity contribution in [2.24, 2.45) is 0 Å². The highest BCUT2D eigenvalue weighted by molar-refractivity contribution is 5.93. The molecule has 14 nitrogen and oxygen atoms in total. The van der Waals surface area contributed by atoms with E-state index >= 15 is 0 Å². The number of unbranched alkanes of at least 4 members (excludes halogenated alkanes) is 2. The fourth-order valence-electron chi connectivity index (χ4n) is 3.80. The van der Waals surface area contributed by atoms with Gasteiger partial charge in [0.15, 0.2) is 0 Å². The lowest BCUT2D eigenvalue weighted by atomic mass is 10.1. The summed E-state index contributed by atoms with van der Waals surface area (Å²) in [5.41, 5.74) is 1.06. The molecule has 0 saturated carbocycles. The van der Waals surface area contributed by atoms with Gasteiger partial charge >= 0.3 is 30.0 Å². The summed E-state index contributed by atoms with van der Waals surface area (Å²) in [7, 11) is 1.54. The van der Waals surface area contributed by atoms with Crippen molar-refractivity contribution in [3.8, 4) is 23.0 Å². The van der Waals surface area contributed by atoms with Crippen LogP contribution in [-0.2, 0) is 33.3 Å². The maximum absolute atomic E-state index is 12.6. The van der Waals surface area contributed by atoms with Gasteiger partial charge in [-0.25, -0.2) is 24.0 Å². The normalized spacial score (nSPS) is 9.81. The van der Waals surface area contributed by atoms with Crippen LogP contribution in [0.2, 0.25) is 0 Å². The van der Waals surface area contributed by atoms with Crippen LogP contribution in [0.15, 0.2) is 92.0 Å². The van der Waals surface area contributed by atoms with Gasteiger partial charge in [0.25, 0.3) is 6.47 Å². The molecule has 0 atom stereocenters. The first-order valence-electron chi connectivity index (χ1n) is 15.9. The Hall–Kier alpha value is -6.44. The first-order valence-corrected chi connectivity index (χ1v) is 15.9. The van der Waals surface area contributed by atoms with E-state index in [-0.39, 0.29) is 35.8 Å². The summed E-state index contributed by atoms with van der Waals surface area (Å²) < 4.78 is 39.9. The van der Waals surface area contributed by atoms with E-state index in [1.165, 1.54) is 36.4 Å². The summed E-state index contributed by atoms with van der Waals surface area (Å²) >= 11 is 0. The second-order valence-electron chi connectivity index (χ2n) is 10.3. The highest BCUT2D eigenvalue weighted by Gasteiger charge is 2.15. The lowest BCUT2D eigenvalue weighted by Gasteiger charge is -2.10. The molecule has 0 N–H and O–H groups in total. The number of benzene rings is 3. The van der Waals surface area contributed by atoms with Crippen molar-refractivity contribution >= 4 is 36.5 Å². The number of rotatable bonds is 19. The number of carbonyl (C=O) groups excluding carboxylic acids is 6. The number of methoxy groups -OCH3 is 1. The predicted molar refractivity (Wildman–Crippen MR) is 185 cm³/mol. The van der Waals surface area contributed by atoms with Crippen LogP contribution in [0, 0.1) is 6.92 Å². The first-order chi connectivity index (χ1) is 25.1. The lowest BCUT2D eigenvalue weighted by molar-refractivity contribution is -0.138. The van der Waals surface area contributed by atoms with Gasteiger partial charge in [0.1, 0.15) is 23.0 Å². The highest BCUT2D eigenvalue weighted by Crippen LogP contribution is 2.23. The third kappa shape index (κ3) is 16.3. The third-order valence-corrected chi connectivity index (χ3v) is 6.48. The molecule has 3 rings (SSSR count). The van der Waals surface area contributed by atoms with Crippen molar-refractivity contribution in [1.82, 2.24) is 0 Å². The molecule has 0 aromatic heterocycles. The molecule has 0 aliphatic heterocycles. The quantitative estimate of drug-likeness (QED) is 0.0263. The zero-order valence-corrected chi connectivity index (χ0v) is 28.9. The molecule has 0 amide bonds. The topological polar surface area (TPSA) is 176 Å². The molecule has 0 unspecified atom stereocenters. The van der Waals surface area contributed by atoms with Crippen molar-refractivity contribution in [2.45, 2.75) is 32.6 Å². The smallest absolute Gasteiger partial charge is 0.497 e. The van der Waals surface area contributed by atoms with Gasteiger partial charge in [0.05, 0.1) is 44.7 Å². The lowest BCUT2D eigenvalue weighted by Crippen LogP contribution is -2.13. The molecule has 0 spiro atoms. The molecule has 0 radical (unpaired) electrons. The van der Waals surface area contributed by atoms with Gasteiger partial charge in [-0.05, 0) is 105 Å². The predicted octanol–water partition coefficient (Wildman–Crippen LogP) is 6.14. The number of esters is 4. The van der Waals surface area contributed by atoms with Crippen molar-refractivity contribution in [1.29, 1.82) is 0 Å². The highest BCUT2D eigenvalue weighted by atomic mass is 16.7. The zero-order chi connectivity index (χ0) is 38.1. The van der Waals surface area contributed by atoms with Crippen LogP contribution in [0.5, 0.6) is 23.0 Å². The molecule has 3 aromatic rings. The zero-order valence-electron chi connectivity index (χ0n) is 28.9. The summed E-state index contributed by atoms with van der Waals surface area (Å²) in [5, 5.41) is 0. The number of hydrogen-bond acceptors (Lipinski definition) is 14. The van der Waals surface area contributed by atoms with E-state index in [0.717, 1.165) is 12.2 Å². The van der Waals surface area contributed by atoms with Gasteiger partial charge in [-0.2, -0.15) is 0 Å². The van der Waals surface area contributed by atoms with Crippen LogP contribution in [-0.4, -0.2) is 70.0 Å². The maximum Gasteiger partial charge on any atom is 0.513 e. The largest absolute Gasteiger partial charge is 0.513 e. The Labute approximate surface area is 300 Å². The third-order valence-electron chi connectivity index (χ3n) is 6.48. The average Bonchev–Trinajstić information content (AvgIpc) is 3.15. The molecule has 3 aromatic carbocycles. The van der Waals surface area contributed by atoms with Crippen LogP contribution in [0.3, 0.4) is 0 Å². The van der Waals surface area contributed by atoms with Crippen LogP contribution in [0.25, 0.3) is 0 Å². The minimum atomic E-state index is -0.903. The van der Waals surface area contributed by atoms with E-state index in [2.05, 4.69) is 22.6 Å². The molecule has 14 heteroatoms. The van der Waals surface area contributed by atoms with Crippen LogP contribution in [0.4, 0.5) is 4.79 Å². The van der Waals surface area contributed by atoms with Crippen molar-refractivity contribution in [3.05, 3.63) is 109 Å². The van der Waals surface area contributed by atoms with E-state index in [4.69, 9.17) is 28.4 Å². The van der Waals surface area contributed by atoms with Crippen molar-refractivity contribution in [2.75, 3.05) is 33.5 Å². The van der Waals surface area contributed by atoms with E-state index < -0.39 is 30.0 Å². The fourth-order valence-corrected chi connectivity index (χ4v) is 3.80. The molecule has 52 heavy (non-hydrogen) atoms. The van der Waals surface area contributed by atoms with Crippen LogP contribution >= 0.6 is 0 Å². The van der Waals surface area contributed by atoms with Crippen molar-refractivity contribution in [3.63, 3.8) is 0 Å². The second kappa shape index (κ2) is 23.8. The van der Waals surface area contributed by atoms with E-state index in [0.29, 0.717) is 62.4 Å². The minimum absolute atomic E-state index is 0.0895. The monoisotopic (exact) mass is 720 g/mol. The Morgan fingerprint density at radius 3 is 1.62 bits per heavy atom. The number of carbonyl (C=O) groups is 6. The van der Waals surface area contributed by atoms with Gasteiger partial charge in [-0.15, -0.1) is 0 Å². The molecule has 0 saturated heterocycles. The first kappa shape index (κ1) is 41.7. The minimum Gasteiger partial charge on any atom is -0.497 e. The van der Waals surface area contributed by atoms with Crippen LogP contribution < -0.4 is 18.9 Å². The molecule has 0 aliphatic carbocycles. The van der Waals surface area contributed by atoms with E-state index in [9.17, 15) is 28.8 Å². The Morgan fingerprint density at radius 2 is 1.08 bits per heavy atom. The average molecular weight is 721 g/mol. The molecular weight excluding hydrogens is 680 g/mol. The van der Waals surface area contributed by atoms with Crippen molar-refractivity contribution < 1.29 is 66.7 Å².